The number of hydrogen-bond donors (Lipinski definition) is 1. The smallest absolute Gasteiger partial charge is 0.211 e. The second-order valence-corrected chi connectivity index (χ2v) is 2.59. The van der Waals surface area contributed by atoms with Crippen LogP contribution in [0.15, 0.2) is 0 Å². The largest absolute Gasteiger partial charge is 0.372 e. The topological polar surface area (TPSA) is 43.8 Å². The number of nitrogens with zero attached hydrogens (tertiary/aromatic N) is 2. The van der Waals surface area contributed by atoms with Gasteiger partial charge >= 0.3 is 0 Å². The highest BCUT2D eigenvalue weighted by Crippen LogP contribution is 2.01. The highest BCUT2D eigenvalue weighted by atomic mass is 16.3. The first-order valence-corrected chi connectivity index (χ1v) is 3.31. The minimum Gasteiger partial charge on any atom is -0.372 e. The number of carbonyl (C=O) groups is 1. The fourth-order valence-electron chi connectivity index (χ4n) is 1.03. The van der Waals surface area contributed by atoms with Gasteiger partial charge < -0.3 is 14.9 Å². The quantitative estimate of drug-likeness (QED) is 0.466. The van der Waals surface area contributed by atoms with Crippen LogP contribution >= 0.6 is 0 Å². The summed E-state index contributed by atoms with van der Waals surface area (Å²) < 4.78 is 0. The lowest BCUT2D eigenvalue weighted by Crippen LogP contribution is -2.50. The van der Waals surface area contributed by atoms with Gasteiger partial charge in [0.25, 0.3) is 0 Å². The van der Waals surface area contributed by atoms with Gasteiger partial charge in [-0.25, -0.2) is 0 Å². The van der Waals surface area contributed by atoms with E-state index in [1.165, 1.54) is 4.90 Å². The van der Waals surface area contributed by atoms with Gasteiger partial charge in [-0.2, -0.15) is 0 Å². The molecule has 1 atom stereocenters. The van der Waals surface area contributed by atoms with E-state index in [1.54, 1.807) is 0 Å². The number of piperazine rings is 1. The van der Waals surface area contributed by atoms with Crippen molar-refractivity contribution in [2.75, 3.05) is 26.7 Å². The van der Waals surface area contributed by atoms with Crippen molar-refractivity contribution < 1.29 is 9.90 Å². The number of β-amino-alcohol motifs (C(OH)–C–C–N with tert-alkyl or cyclic N) is 1. The molecule has 0 spiro atoms. The van der Waals surface area contributed by atoms with Crippen LogP contribution in [0.4, 0.5) is 0 Å². The van der Waals surface area contributed by atoms with Gasteiger partial charge in [0.2, 0.25) is 6.41 Å². The summed E-state index contributed by atoms with van der Waals surface area (Å²) in [5.74, 6) is 0. The maximum atomic E-state index is 10.2. The van der Waals surface area contributed by atoms with Crippen LogP contribution < -0.4 is 0 Å². The lowest BCUT2D eigenvalue weighted by atomic mass is 10.3. The molecule has 1 aliphatic rings. The van der Waals surface area contributed by atoms with Crippen molar-refractivity contribution >= 4 is 6.41 Å². The summed E-state index contributed by atoms with van der Waals surface area (Å²) in [5, 5.41) is 9.19. The molecule has 4 heteroatoms. The molecule has 1 unspecified atom stereocenters. The zero-order valence-corrected chi connectivity index (χ0v) is 6.03. The summed E-state index contributed by atoms with van der Waals surface area (Å²) >= 11 is 0. The van der Waals surface area contributed by atoms with Crippen LogP contribution in [0.25, 0.3) is 0 Å². The summed E-state index contributed by atoms with van der Waals surface area (Å²) in [7, 11) is 1.92. The molecule has 1 N–H and O–H groups in total. The van der Waals surface area contributed by atoms with E-state index < -0.39 is 6.23 Å². The molecule has 1 amide bonds. The summed E-state index contributed by atoms with van der Waals surface area (Å²) in [6.45, 7) is 2.02. The van der Waals surface area contributed by atoms with Gasteiger partial charge in [0.1, 0.15) is 6.23 Å². The minimum atomic E-state index is -0.615. The monoisotopic (exact) mass is 144 g/mol. The summed E-state index contributed by atoms with van der Waals surface area (Å²) in [4.78, 5) is 13.6. The van der Waals surface area contributed by atoms with Gasteiger partial charge in [0.15, 0.2) is 0 Å². The van der Waals surface area contributed by atoms with Gasteiger partial charge in [-0.3, -0.25) is 4.79 Å². The number of aliphatic hydroxyl groups is 1. The lowest BCUT2D eigenvalue weighted by molar-refractivity contribution is -0.132. The van der Waals surface area contributed by atoms with Gasteiger partial charge in [-0.05, 0) is 7.05 Å². The van der Waals surface area contributed by atoms with Crippen LogP contribution in [0.3, 0.4) is 0 Å². The first-order valence-electron chi connectivity index (χ1n) is 3.31. The molecule has 10 heavy (non-hydrogen) atoms. The van der Waals surface area contributed by atoms with E-state index >= 15 is 0 Å². The summed E-state index contributed by atoms with van der Waals surface area (Å²) in [6.07, 6.45) is 0.0775. The van der Waals surface area contributed by atoms with Crippen molar-refractivity contribution in [2.45, 2.75) is 6.23 Å². The highest BCUT2D eigenvalue weighted by Gasteiger charge is 2.20. The Hall–Kier alpha value is -0.610. The number of hydrogen-bond acceptors (Lipinski definition) is 3. The number of carbonyl (C=O) groups excluding carboxylic acids is 1. The Morgan fingerprint density at radius 1 is 1.60 bits per heavy atom. The van der Waals surface area contributed by atoms with E-state index in [4.69, 9.17) is 0 Å². The molecule has 1 heterocycles. The highest BCUT2D eigenvalue weighted by molar-refractivity contribution is 5.47. The van der Waals surface area contributed by atoms with Gasteiger partial charge in [-0.15, -0.1) is 0 Å². The Balaban J connectivity index is 2.43. The Morgan fingerprint density at radius 2 is 2.30 bits per heavy atom. The fraction of sp³-hybridized carbons (Fsp3) is 0.833. The second-order valence-electron chi connectivity index (χ2n) is 2.59. The van der Waals surface area contributed by atoms with Crippen molar-refractivity contribution in [3.8, 4) is 0 Å². The first kappa shape index (κ1) is 7.50. The molecule has 0 aliphatic carbocycles. The maximum absolute atomic E-state index is 10.2. The zero-order valence-electron chi connectivity index (χ0n) is 6.03. The van der Waals surface area contributed by atoms with Crippen LogP contribution in [0.5, 0.6) is 0 Å². The van der Waals surface area contributed by atoms with Crippen LogP contribution in [0, 0.1) is 0 Å². The molecule has 0 bridgehead atoms. The van der Waals surface area contributed by atoms with E-state index in [0.717, 1.165) is 6.54 Å². The third kappa shape index (κ3) is 1.46. The van der Waals surface area contributed by atoms with Gasteiger partial charge in [-0.1, -0.05) is 0 Å². The van der Waals surface area contributed by atoms with Crippen LogP contribution in [-0.4, -0.2) is 54.2 Å². The second kappa shape index (κ2) is 2.98. The molecule has 0 saturated carbocycles. The molecule has 0 radical (unpaired) electrons. The molecule has 0 aromatic rings. The molecule has 1 rings (SSSR count). The predicted molar refractivity (Wildman–Crippen MR) is 36.3 cm³/mol. The number of rotatable bonds is 1. The zero-order chi connectivity index (χ0) is 7.56. The fourth-order valence-corrected chi connectivity index (χ4v) is 1.03. The van der Waals surface area contributed by atoms with Crippen LogP contribution in [0.1, 0.15) is 0 Å². The Bertz CT molecular complexity index is 129. The third-order valence-electron chi connectivity index (χ3n) is 1.73. The molecule has 1 fully saturated rings. The molecule has 58 valence electrons. The van der Waals surface area contributed by atoms with Crippen molar-refractivity contribution in [1.82, 2.24) is 9.80 Å². The van der Waals surface area contributed by atoms with Crippen molar-refractivity contribution in [3.05, 3.63) is 0 Å². The minimum absolute atomic E-state index is 0.554. The average Bonchev–Trinajstić information content (AvgIpc) is 1.88. The van der Waals surface area contributed by atoms with Crippen molar-refractivity contribution in [3.63, 3.8) is 0 Å². The van der Waals surface area contributed by atoms with Crippen molar-refractivity contribution in [1.29, 1.82) is 0 Å². The third-order valence-corrected chi connectivity index (χ3v) is 1.73. The average molecular weight is 144 g/mol. The Morgan fingerprint density at radius 3 is 2.80 bits per heavy atom. The predicted octanol–water partition coefficient (Wildman–Crippen LogP) is -1.29. The van der Waals surface area contributed by atoms with Crippen LogP contribution in [0.2, 0.25) is 0 Å². The van der Waals surface area contributed by atoms with E-state index in [0.29, 0.717) is 19.5 Å². The van der Waals surface area contributed by atoms with E-state index in [1.807, 2.05) is 11.9 Å². The molecule has 0 aromatic heterocycles. The van der Waals surface area contributed by atoms with E-state index in [-0.39, 0.29) is 0 Å². The van der Waals surface area contributed by atoms with E-state index in [2.05, 4.69) is 0 Å². The maximum Gasteiger partial charge on any atom is 0.211 e. The molecular formula is C6H12N2O2. The molecule has 4 nitrogen and oxygen atoms in total. The number of aliphatic hydroxyl groups excluding tert-OH is 1. The Kier molecular flexibility index (Phi) is 2.24. The van der Waals surface area contributed by atoms with Crippen molar-refractivity contribution in [2.24, 2.45) is 0 Å². The number of amides is 1. The SMILES string of the molecule is CN1CCN(C=O)C(O)C1. The van der Waals surface area contributed by atoms with E-state index in [9.17, 15) is 9.90 Å². The van der Waals surface area contributed by atoms with Crippen LogP contribution in [-0.2, 0) is 4.79 Å². The molecule has 1 saturated heterocycles. The molecule has 0 aromatic carbocycles. The summed E-state index contributed by atoms with van der Waals surface area (Å²) in [6, 6.07) is 0. The first-order chi connectivity index (χ1) is 4.74. The molecule has 1 aliphatic heterocycles. The Labute approximate surface area is 60.0 Å². The van der Waals surface area contributed by atoms with Gasteiger partial charge in [0.05, 0.1) is 0 Å². The standard InChI is InChI=1S/C6H12N2O2/c1-7-2-3-8(5-9)6(10)4-7/h5-6,10H,2-4H2,1H3. The number of likely N-dealkylation sites (N-methyl/N-ethyl adjacent to an activating group) is 1. The summed E-state index contributed by atoms with van der Waals surface area (Å²) in [5.41, 5.74) is 0. The normalized spacial score (nSPS) is 28.6. The lowest BCUT2D eigenvalue weighted by Gasteiger charge is -2.34. The van der Waals surface area contributed by atoms with Gasteiger partial charge in [0, 0.05) is 19.6 Å². The molecular weight excluding hydrogens is 132 g/mol.